The van der Waals surface area contributed by atoms with Crippen LogP contribution in [0.15, 0.2) is 18.2 Å². The van der Waals surface area contributed by atoms with Gasteiger partial charge in [-0.3, -0.25) is 9.59 Å². The van der Waals surface area contributed by atoms with Gasteiger partial charge in [-0.15, -0.1) is 11.6 Å². The van der Waals surface area contributed by atoms with E-state index in [2.05, 4.69) is 5.32 Å². The standard InChI is InChI=1S/C9H8ClFN2O2/c10-4-8(14)13-5-1-2-7(11)6(3-5)9(12)15/h1-3H,4H2,(H2,12,15)(H,13,14). The van der Waals surface area contributed by atoms with E-state index in [1.807, 2.05) is 0 Å². The van der Waals surface area contributed by atoms with Crippen molar-refractivity contribution < 1.29 is 14.0 Å². The van der Waals surface area contributed by atoms with Crippen LogP contribution in [0.25, 0.3) is 0 Å². The highest BCUT2D eigenvalue weighted by Gasteiger charge is 2.09. The summed E-state index contributed by atoms with van der Waals surface area (Å²) in [4.78, 5) is 21.7. The lowest BCUT2D eigenvalue weighted by Crippen LogP contribution is -2.16. The third-order valence-corrected chi connectivity index (χ3v) is 1.88. The molecule has 0 saturated heterocycles. The van der Waals surface area contributed by atoms with Gasteiger partial charge in [0, 0.05) is 5.69 Å². The Bertz CT molecular complexity index is 409. The summed E-state index contributed by atoms with van der Waals surface area (Å²) >= 11 is 5.26. The topological polar surface area (TPSA) is 72.2 Å². The summed E-state index contributed by atoms with van der Waals surface area (Å²) in [6.45, 7) is 0. The summed E-state index contributed by atoms with van der Waals surface area (Å²) in [5.41, 5.74) is 4.93. The third kappa shape index (κ3) is 2.92. The summed E-state index contributed by atoms with van der Waals surface area (Å²) in [5, 5.41) is 2.37. The fourth-order valence-corrected chi connectivity index (χ4v) is 1.05. The van der Waals surface area contributed by atoms with Crippen LogP contribution < -0.4 is 11.1 Å². The van der Waals surface area contributed by atoms with Crippen molar-refractivity contribution in [3.05, 3.63) is 29.6 Å². The Hall–Kier alpha value is -1.62. The van der Waals surface area contributed by atoms with E-state index in [9.17, 15) is 14.0 Å². The highest BCUT2D eigenvalue weighted by atomic mass is 35.5. The summed E-state index contributed by atoms with van der Waals surface area (Å²) in [5.74, 6) is -2.29. The first kappa shape index (κ1) is 11.5. The maximum atomic E-state index is 13.0. The Kier molecular flexibility index (Phi) is 3.62. The van der Waals surface area contributed by atoms with Gasteiger partial charge in [0.25, 0.3) is 5.91 Å². The molecule has 4 nitrogen and oxygen atoms in total. The van der Waals surface area contributed by atoms with E-state index in [1.165, 1.54) is 6.07 Å². The highest BCUT2D eigenvalue weighted by Crippen LogP contribution is 2.14. The molecule has 0 saturated carbocycles. The molecule has 0 heterocycles. The minimum Gasteiger partial charge on any atom is -0.366 e. The summed E-state index contributed by atoms with van der Waals surface area (Å²) in [6, 6.07) is 3.51. The van der Waals surface area contributed by atoms with Crippen LogP contribution in [-0.4, -0.2) is 17.7 Å². The molecule has 3 N–H and O–H groups in total. The molecule has 1 aromatic carbocycles. The molecule has 0 bridgehead atoms. The molecular formula is C9H8ClFN2O2. The number of benzene rings is 1. The van der Waals surface area contributed by atoms with E-state index in [0.717, 1.165) is 12.1 Å². The molecule has 1 aromatic rings. The Balaban J connectivity index is 2.97. The van der Waals surface area contributed by atoms with Crippen molar-refractivity contribution in [1.29, 1.82) is 0 Å². The van der Waals surface area contributed by atoms with Gasteiger partial charge in [0.2, 0.25) is 5.91 Å². The quantitative estimate of drug-likeness (QED) is 0.764. The normalized spacial score (nSPS) is 9.73. The molecule has 0 aromatic heterocycles. The number of hydrogen-bond donors (Lipinski definition) is 2. The van der Waals surface area contributed by atoms with Gasteiger partial charge in [0.15, 0.2) is 0 Å². The number of anilines is 1. The van der Waals surface area contributed by atoms with Crippen LogP contribution in [0, 0.1) is 5.82 Å². The minimum absolute atomic E-state index is 0.219. The predicted octanol–water partition coefficient (Wildman–Crippen LogP) is 1.10. The SMILES string of the molecule is NC(=O)c1cc(NC(=O)CCl)ccc1F. The lowest BCUT2D eigenvalue weighted by atomic mass is 10.2. The van der Waals surface area contributed by atoms with E-state index in [0.29, 0.717) is 0 Å². The van der Waals surface area contributed by atoms with E-state index < -0.39 is 17.6 Å². The van der Waals surface area contributed by atoms with Crippen molar-refractivity contribution in [3.63, 3.8) is 0 Å². The smallest absolute Gasteiger partial charge is 0.251 e. The monoisotopic (exact) mass is 230 g/mol. The molecule has 0 aliphatic heterocycles. The fraction of sp³-hybridized carbons (Fsp3) is 0.111. The van der Waals surface area contributed by atoms with Gasteiger partial charge in [-0.1, -0.05) is 0 Å². The minimum atomic E-state index is -0.894. The molecule has 80 valence electrons. The van der Waals surface area contributed by atoms with Crippen molar-refractivity contribution in [3.8, 4) is 0 Å². The molecular weight excluding hydrogens is 223 g/mol. The number of nitrogens with one attached hydrogen (secondary N) is 1. The Morgan fingerprint density at radius 3 is 2.67 bits per heavy atom. The number of primary amides is 1. The van der Waals surface area contributed by atoms with Crippen molar-refractivity contribution in [2.45, 2.75) is 0 Å². The number of hydrogen-bond acceptors (Lipinski definition) is 2. The average Bonchev–Trinajstić information content (AvgIpc) is 2.20. The molecule has 0 aliphatic carbocycles. The Morgan fingerprint density at radius 2 is 2.13 bits per heavy atom. The zero-order valence-corrected chi connectivity index (χ0v) is 8.34. The maximum Gasteiger partial charge on any atom is 0.251 e. The van der Waals surface area contributed by atoms with Crippen LogP contribution in [0.2, 0.25) is 0 Å². The number of amides is 2. The lowest BCUT2D eigenvalue weighted by molar-refractivity contribution is -0.113. The molecule has 6 heteroatoms. The van der Waals surface area contributed by atoms with Crippen LogP contribution in [0.3, 0.4) is 0 Å². The molecule has 0 spiro atoms. The van der Waals surface area contributed by atoms with E-state index in [4.69, 9.17) is 17.3 Å². The average molecular weight is 231 g/mol. The number of alkyl halides is 1. The van der Waals surface area contributed by atoms with Gasteiger partial charge in [-0.2, -0.15) is 0 Å². The first-order chi connectivity index (χ1) is 7.04. The van der Waals surface area contributed by atoms with Gasteiger partial charge >= 0.3 is 0 Å². The van der Waals surface area contributed by atoms with Crippen LogP contribution in [0.5, 0.6) is 0 Å². The molecule has 2 amide bonds. The van der Waals surface area contributed by atoms with E-state index >= 15 is 0 Å². The number of nitrogens with two attached hydrogens (primary N) is 1. The van der Waals surface area contributed by atoms with Crippen LogP contribution in [0.4, 0.5) is 10.1 Å². The van der Waals surface area contributed by atoms with Crippen LogP contribution >= 0.6 is 11.6 Å². The second-order valence-electron chi connectivity index (χ2n) is 2.74. The van der Waals surface area contributed by atoms with E-state index in [1.54, 1.807) is 0 Å². The predicted molar refractivity (Wildman–Crippen MR) is 54.3 cm³/mol. The van der Waals surface area contributed by atoms with Crippen LogP contribution in [-0.2, 0) is 4.79 Å². The van der Waals surface area contributed by atoms with Crippen molar-refractivity contribution in [2.75, 3.05) is 11.2 Å². The fourth-order valence-electron chi connectivity index (χ4n) is 0.986. The van der Waals surface area contributed by atoms with Gasteiger partial charge in [-0.05, 0) is 18.2 Å². The summed E-state index contributed by atoms with van der Waals surface area (Å²) in [6.07, 6.45) is 0. The molecule has 1 rings (SSSR count). The first-order valence-corrected chi connectivity index (χ1v) is 4.53. The zero-order valence-electron chi connectivity index (χ0n) is 7.59. The van der Waals surface area contributed by atoms with Crippen LogP contribution in [0.1, 0.15) is 10.4 Å². The van der Waals surface area contributed by atoms with Crippen molar-refractivity contribution in [1.82, 2.24) is 0 Å². The van der Waals surface area contributed by atoms with Gasteiger partial charge < -0.3 is 11.1 Å². The van der Waals surface area contributed by atoms with Gasteiger partial charge in [-0.25, -0.2) is 4.39 Å². The molecule has 0 fully saturated rings. The summed E-state index contributed by atoms with van der Waals surface area (Å²) in [7, 11) is 0. The maximum absolute atomic E-state index is 13.0. The molecule has 15 heavy (non-hydrogen) atoms. The highest BCUT2D eigenvalue weighted by molar-refractivity contribution is 6.29. The first-order valence-electron chi connectivity index (χ1n) is 3.99. The second kappa shape index (κ2) is 4.75. The van der Waals surface area contributed by atoms with Crippen molar-refractivity contribution >= 4 is 29.1 Å². The largest absolute Gasteiger partial charge is 0.366 e. The lowest BCUT2D eigenvalue weighted by Gasteiger charge is -2.04. The van der Waals surface area contributed by atoms with Gasteiger partial charge in [0.05, 0.1) is 5.56 Å². The Morgan fingerprint density at radius 1 is 1.47 bits per heavy atom. The van der Waals surface area contributed by atoms with E-state index in [-0.39, 0.29) is 17.1 Å². The zero-order chi connectivity index (χ0) is 11.4. The number of carbonyl (C=O) groups excluding carboxylic acids is 2. The number of carbonyl (C=O) groups is 2. The third-order valence-electron chi connectivity index (χ3n) is 1.64. The molecule has 0 radical (unpaired) electrons. The molecule has 0 aliphatic rings. The van der Waals surface area contributed by atoms with Crippen molar-refractivity contribution in [2.24, 2.45) is 5.73 Å². The molecule has 0 atom stereocenters. The molecule has 0 unspecified atom stereocenters. The second-order valence-corrected chi connectivity index (χ2v) is 3.01. The Labute approximate surface area is 90.2 Å². The number of halogens is 2. The number of rotatable bonds is 3. The summed E-state index contributed by atoms with van der Waals surface area (Å²) < 4.78 is 13.0. The van der Waals surface area contributed by atoms with Gasteiger partial charge in [0.1, 0.15) is 11.7 Å².